The van der Waals surface area contributed by atoms with E-state index in [4.69, 9.17) is 16.3 Å². The number of alkyl halides is 3. The molecule has 1 N–H and O–H groups in total. The summed E-state index contributed by atoms with van der Waals surface area (Å²) in [6.07, 6.45) is -0.224. The first kappa shape index (κ1) is 19.4. The summed E-state index contributed by atoms with van der Waals surface area (Å²) in [6.45, 7) is 1.61. The van der Waals surface area contributed by atoms with Gasteiger partial charge in [0.25, 0.3) is 0 Å². The Hall–Kier alpha value is -2.92. The number of anilines is 2. The number of aryl methyl sites for hydroxylation is 1. The molecule has 4 heterocycles. The lowest BCUT2D eigenvalue weighted by Crippen LogP contribution is -2.05. The minimum Gasteiger partial charge on any atom is -0.467 e. The Morgan fingerprint density at radius 2 is 1.93 bits per heavy atom. The summed E-state index contributed by atoms with van der Waals surface area (Å²) < 4.78 is 47.6. The van der Waals surface area contributed by atoms with Crippen LogP contribution in [0.3, 0.4) is 0 Å². The molecule has 4 rings (SSSR count). The predicted octanol–water partition coefficient (Wildman–Crippen LogP) is 4.98. The Bertz CT molecular complexity index is 1190. The van der Waals surface area contributed by atoms with E-state index in [0.717, 1.165) is 0 Å². The number of ether oxygens (including phenoxy) is 1. The number of hydrogen-bond acceptors (Lipinski definition) is 7. The number of nitrogens with one attached hydrogen (secondary N) is 1. The van der Waals surface area contributed by atoms with Crippen molar-refractivity contribution in [1.82, 2.24) is 24.3 Å². The van der Waals surface area contributed by atoms with E-state index in [9.17, 15) is 13.2 Å². The zero-order valence-electron chi connectivity index (χ0n) is 15.0. The van der Waals surface area contributed by atoms with Crippen molar-refractivity contribution in [2.75, 3.05) is 12.4 Å². The molecule has 0 bridgehead atoms. The molecule has 0 saturated carbocycles. The second-order valence-corrected chi connectivity index (χ2v) is 7.28. The number of pyridine rings is 1. The topological polar surface area (TPSA) is 77.2 Å². The van der Waals surface area contributed by atoms with Crippen molar-refractivity contribution in [3.8, 4) is 17.4 Å². The molecule has 0 fully saturated rings. The van der Waals surface area contributed by atoms with Crippen LogP contribution >= 0.6 is 22.9 Å². The number of hydrogen-bond donors (Lipinski definition) is 1. The number of methoxy groups -OCH3 is 1. The Kier molecular flexibility index (Phi) is 4.79. The summed E-state index contributed by atoms with van der Waals surface area (Å²) in [6, 6.07) is 3.40. The molecule has 12 heteroatoms. The highest BCUT2D eigenvalue weighted by atomic mass is 35.5. The largest absolute Gasteiger partial charge is 0.467 e. The maximum atomic E-state index is 13.7. The standard InChI is InChI=1S/C17H12ClF3N6OS/c1-8-12(27-5-3-4-10(18)14(27)24-8)11-13(17(19,20)21)29-16(26-11)25-9-6-22-15(28-2)23-7-9/h3-7H,1-2H3,(H,25,26). The van der Waals surface area contributed by atoms with Gasteiger partial charge in [-0.2, -0.15) is 13.2 Å². The SMILES string of the molecule is COc1ncc(Nc2nc(-c3c(C)nc4c(Cl)cccn34)c(C(F)(F)F)s2)cn1. The zero-order valence-corrected chi connectivity index (χ0v) is 16.5. The molecule has 4 aromatic rings. The van der Waals surface area contributed by atoms with E-state index in [1.54, 1.807) is 25.3 Å². The van der Waals surface area contributed by atoms with Crippen molar-refractivity contribution in [2.45, 2.75) is 13.1 Å². The van der Waals surface area contributed by atoms with Gasteiger partial charge in [-0.1, -0.05) is 22.9 Å². The predicted molar refractivity (Wildman–Crippen MR) is 103 cm³/mol. The highest BCUT2D eigenvalue weighted by Gasteiger charge is 2.39. The molecule has 0 aliphatic heterocycles. The smallest absolute Gasteiger partial charge is 0.427 e. The van der Waals surface area contributed by atoms with Gasteiger partial charge in [-0.15, -0.1) is 0 Å². The van der Waals surface area contributed by atoms with Crippen LogP contribution in [0.5, 0.6) is 6.01 Å². The van der Waals surface area contributed by atoms with E-state index in [-0.39, 0.29) is 22.5 Å². The first-order chi connectivity index (χ1) is 13.8. The lowest BCUT2D eigenvalue weighted by molar-refractivity contribution is -0.134. The summed E-state index contributed by atoms with van der Waals surface area (Å²) in [5.41, 5.74) is 1.11. The second kappa shape index (κ2) is 7.16. The van der Waals surface area contributed by atoms with Crippen molar-refractivity contribution in [3.05, 3.63) is 46.3 Å². The fourth-order valence-electron chi connectivity index (χ4n) is 2.77. The van der Waals surface area contributed by atoms with Crippen LogP contribution < -0.4 is 10.1 Å². The zero-order chi connectivity index (χ0) is 20.8. The number of aromatic nitrogens is 5. The van der Waals surface area contributed by atoms with Crippen LogP contribution in [0.2, 0.25) is 5.02 Å². The molecular weight excluding hydrogens is 429 g/mol. The van der Waals surface area contributed by atoms with E-state index >= 15 is 0 Å². The molecule has 150 valence electrons. The van der Waals surface area contributed by atoms with Crippen molar-refractivity contribution < 1.29 is 17.9 Å². The molecule has 0 aliphatic rings. The van der Waals surface area contributed by atoms with Gasteiger partial charge in [0, 0.05) is 6.20 Å². The van der Waals surface area contributed by atoms with Crippen LogP contribution in [-0.4, -0.2) is 31.4 Å². The van der Waals surface area contributed by atoms with Crippen molar-refractivity contribution in [3.63, 3.8) is 0 Å². The first-order valence-corrected chi connectivity index (χ1v) is 9.32. The minimum atomic E-state index is -4.60. The van der Waals surface area contributed by atoms with Crippen LogP contribution in [0, 0.1) is 6.92 Å². The Morgan fingerprint density at radius 3 is 2.59 bits per heavy atom. The number of thiazole rings is 1. The van der Waals surface area contributed by atoms with Crippen LogP contribution in [0.1, 0.15) is 10.6 Å². The number of fused-ring (bicyclic) bond motifs is 1. The van der Waals surface area contributed by atoms with Gasteiger partial charge in [-0.25, -0.2) is 19.9 Å². The molecule has 0 amide bonds. The third-order valence-electron chi connectivity index (χ3n) is 3.95. The van der Waals surface area contributed by atoms with Gasteiger partial charge in [0.15, 0.2) is 10.8 Å². The van der Waals surface area contributed by atoms with E-state index in [0.29, 0.717) is 33.4 Å². The van der Waals surface area contributed by atoms with Crippen LogP contribution in [-0.2, 0) is 6.18 Å². The fourth-order valence-corrected chi connectivity index (χ4v) is 3.83. The number of rotatable bonds is 4. The second-order valence-electron chi connectivity index (χ2n) is 5.87. The van der Waals surface area contributed by atoms with Gasteiger partial charge >= 0.3 is 12.2 Å². The number of imidazole rings is 1. The van der Waals surface area contributed by atoms with Crippen molar-refractivity contribution >= 4 is 39.4 Å². The van der Waals surface area contributed by atoms with Crippen LogP contribution in [0.25, 0.3) is 17.0 Å². The Balaban J connectivity index is 1.83. The molecule has 7 nitrogen and oxygen atoms in total. The van der Waals surface area contributed by atoms with E-state index < -0.39 is 11.1 Å². The van der Waals surface area contributed by atoms with Gasteiger partial charge in [0.05, 0.1) is 41.6 Å². The summed E-state index contributed by atoms with van der Waals surface area (Å²) in [5, 5.41) is 3.17. The summed E-state index contributed by atoms with van der Waals surface area (Å²) in [5.74, 6) is 0. The molecule has 4 aromatic heterocycles. The molecule has 0 aromatic carbocycles. The normalized spacial score (nSPS) is 11.8. The lowest BCUT2D eigenvalue weighted by Gasteiger charge is -2.07. The van der Waals surface area contributed by atoms with Gasteiger partial charge < -0.3 is 10.1 Å². The van der Waals surface area contributed by atoms with Crippen LogP contribution in [0.4, 0.5) is 24.0 Å². The van der Waals surface area contributed by atoms with Gasteiger partial charge in [-0.3, -0.25) is 4.40 Å². The number of nitrogens with zero attached hydrogens (tertiary/aromatic N) is 5. The molecule has 0 saturated heterocycles. The maximum absolute atomic E-state index is 13.7. The highest BCUT2D eigenvalue weighted by Crippen LogP contribution is 2.44. The Labute approximate surface area is 171 Å². The highest BCUT2D eigenvalue weighted by molar-refractivity contribution is 7.16. The fraction of sp³-hybridized carbons (Fsp3) is 0.176. The third kappa shape index (κ3) is 3.58. The van der Waals surface area contributed by atoms with Gasteiger partial charge in [0.1, 0.15) is 10.6 Å². The van der Waals surface area contributed by atoms with E-state index in [1.165, 1.54) is 23.9 Å². The molecule has 29 heavy (non-hydrogen) atoms. The lowest BCUT2D eigenvalue weighted by atomic mass is 10.2. The van der Waals surface area contributed by atoms with Gasteiger partial charge in [-0.05, 0) is 19.1 Å². The summed E-state index contributed by atoms with van der Waals surface area (Å²) >= 11 is 6.62. The average molecular weight is 441 g/mol. The van der Waals surface area contributed by atoms with Crippen LogP contribution in [0.15, 0.2) is 30.7 Å². The molecule has 0 unspecified atom stereocenters. The van der Waals surface area contributed by atoms with E-state index in [2.05, 4.69) is 25.3 Å². The average Bonchev–Trinajstić information content (AvgIpc) is 3.23. The minimum absolute atomic E-state index is 0.0393. The first-order valence-electron chi connectivity index (χ1n) is 8.12. The quantitative estimate of drug-likeness (QED) is 0.482. The Morgan fingerprint density at radius 1 is 1.21 bits per heavy atom. The summed E-state index contributed by atoms with van der Waals surface area (Å²) in [7, 11) is 1.41. The van der Waals surface area contributed by atoms with E-state index in [1.807, 2.05) is 0 Å². The van der Waals surface area contributed by atoms with Crippen molar-refractivity contribution in [1.29, 1.82) is 0 Å². The third-order valence-corrected chi connectivity index (χ3v) is 5.26. The molecule has 0 radical (unpaired) electrons. The summed E-state index contributed by atoms with van der Waals surface area (Å²) in [4.78, 5) is 15.5. The molecule has 0 atom stereocenters. The molecule has 0 aliphatic carbocycles. The maximum Gasteiger partial charge on any atom is 0.427 e. The molecule has 0 spiro atoms. The van der Waals surface area contributed by atoms with Crippen molar-refractivity contribution in [2.24, 2.45) is 0 Å². The monoisotopic (exact) mass is 440 g/mol. The van der Waals surface area contributed by atoms with Gasteiger partial charge in [0.2, 0.25) is 0 Å². The number of halogens is 4. The molecular formula is C17H12ClF3N6OS.